The first kappa shape index (κ1) is 16.3. The number of hydrogen-bond acceptors (Lipinski definition) is 3. The fourth-order valence-corrected chi connectivity index (χ4v) is 3.88. The zero-order valence-corrected chi connectivity index (χ0v) is 14.8. The molecular formula is C15H9Cl3N2O2S. The molecule has 4 nitrogen and oxygen atoms in total. The van der Waals surface area contributed by atoms with Crippen LogP contribution in [0.3, 0.4) is 0 Å². The molecule has 3 aromatic rings. The van der Waals surface area contributed by atoms with Crippen molar-refractivity contribution in [1.29, 1.82) is 0 Å². The molecule has 0 saturated heterocycles. The average Bonchev–Trinajstić information content (AvgIpc) is 3.02. The van der Waals surface area contributed by atoms with E-state index in [2.05, 4.69) is 5.10 Å². The van der Waals surface area contributed by atoms with Gasteiger partial charge in [-0.05, 0) is 37.3 Å². The summed E-state index contributed by atoms with van der Waals surface area (Å²) in [5.41, 5.74) is 1.70. The number of carboxylic acid groups (broad SMARTS) is 1. The molecule has 0 aliphatic heterocycles. The number of halogens is 3. The van der Waals surface area contributed by atoms with Crippen molar-refractivity contribution < 1.29 is 9.90 Å². The van der Waals surface area contributed by atoms with Crippen molar-refractivity contribution in [3.8, 4) is 16.3 Å². The summed E-state index contributed by atoms with van der Waals surface area (Å²) in [5.74, 6) is -1.10. The molecule has 8 heteroatoms. The molecule has 0 saturated carbocycles. The van der Waals surface area contributed by atoms with E-state index in [1.54, 1.807) is 31.2 Å². The van der Waals surface area contributed by atoms with Crippen LogP contribution in [0.2, 0.25) is 14.4 Å². The van der Waals surface area contributed by atoms with Crippen LogP contribution < -0.4 is 0 Å². The average molecular weight is 388 g/mol. The summed E-state index contributed by atoms with van der Waals surface area (Å²) in [5, 5.41) is 14.4. The largest absolute Gasteiger partial charge is 0.476 e. The summed E-state index contributed by atoms with van der Waals surface area (Å²) in [7, 11) is 0. The van der Waals surface area contributed by atoms with Gasteiger partial charge < -0.3 is 5.11 Å². The molecule has 1 N–H and O–H groups in total. The molecule has 0 aliphatic carbocycles. The third kappa shape index (κ3) is 2.97. The summed E-state index contributed by atoms with van der Waals surface area (Å²) in [6.45, 7) is 1.71. The van der Waals surface area contributed by atoms with Crippen LogP contribution in [0.15, 0.2) is 30.3 Å². The minimum Gasteiger partial charge on any atom is -0.476 e. The Bertz CT molecular complexity index is 918. The fourth-order valence-electron chi connectivity index (χ4n) is 2.26. The van der Waals surface area contributed by atoms with Gasteiger partial charge in [-0.3, -0.25) is 0 Å². The minimum absolute atomic E-state index is 0.0319. The topological polar surface area (TPSA) is 55.1 Å². The van der Waals surface area contributed by atoms with Gasteiger partial charge in [0.1, 0.15) is 0 Å². The van der Waals surface area contributed by atoms with Crippen LogP contribution >= 0.6 is 46.1 Å². The number of benzene rings is 1. The number of carboxylic acids is 1. The summed E-state index contributed by atoms with van der Waals surface area (Å²) >= 11 is 19.5. The van der Waals surface area contributed by atoms with Crippen LogP contribution in [0.25, 0.3) is 16.3 Å². The second-order valence-corrected chi connectivity index (χ2v) is 7.30. The highest BCUT2D eigenvalue weighted by molar-refractivity contribution is 7.19. The van der Waals surface area contributed by atoms with E-state index in [4.69, 9.17) is 34.8 Å². The predicted molar refractivity (Wildman–Crippen MR) is 93.6 cm³/mol. The molecule has 0 unspecified atom stereocenters. The fraction of sp³-hybridized carbons (Fsp3) is 0.0667. The molecule has 3 rings (SSSR count). The van der Waals surface area contributed by atoms with Crippen molar-refractivity contribution in [3.63, 3.8) is 0 Å². The zero-order valence-electron chi connectivity index (χ0n) is 11.7. The van der Waals surface area contributed by atoms with Gasteiger partial charge in [0.2, 0.25) is 0 Å². The van der Waals surface area contributed by atoms with Gasteiger partial charge >= 0.3 is 5.97 Å². The van der Waals surface area contributed by atoms with E-state index in [-0.39, 0.29) is 5.69 Å². The maximum Gasteiger partial charge on any atom is 0.356 e. The van der Waals surface area contributed by atoms with Gasteiger partial charge in [-0.25, -0.2) is 9.48 Å². The van der Waals surface area contributed by atoms with Gasteiger partial charge in [0.15, 0.2) is 5.69 Å². The Balaban J connectivity index is 2.31. The Morgan fingerprint density at radius 1 is 1.22 bits per heavy atom. The highest BCUT2D eigenvalue weighted by Crippen LogP contribution is 2.37. The standard InChI is InChI=1S/C15H9Cl3N2O2S/c1-7-13(15(21)22)19-20(10-3-2-8(16)6-9(10)17)14(7)11-4-5-12(18)23-11/h2-6H,1H3,(H,21,22). The normalized spacial score (nSPS) is 11.0. The molecule has 1 aromatic carbocycles. The number of rotatable bonds is 3. The molecule has 2 heterocycles. The Hall–Kier alpha value is -1.53. The van der Waals surface area contributed by atoms with Crippen molar-refractivity contribution in [1.82, 2.24) is 9.78 Å². The number of aromatic carboxylic acids is 1. The Morgan fingerprint density at radius 3 is 2.52 bits per heavy atom. The van der Waals surface area contributed by atoms with E-state index in [0.29, 0.717) is 31.3 Å². The lowest BCUT2D eigenvalue weighted by Gasteiger charge is -2.09. The van der Waals surface area contributed by atoms with E-state index >= 15 is 0 Å². The molecule has 118 valence electrons. The highest BCUT2D eigenvalue weighted by Gasteiger charge is 2.23. The van der Waals surface area contributed by atoms with Crippen LogP contribution in [0.1, 0.15) is 16.1 Å². The van der Waals surface area contributed by atoms with Crippen molar-refractivity contribution in [2.75, 3.05) is 0 Å². The maximum atomic E-state index is 11.4. The molecular weight excluding hydrogens is 379 g/mol. The monoisotopic (exact) mass is 386 g/mol. The molecule has 0 bridgehead atoms. The second kappa shape index (κ2) is 6.17. The molecule has 0 atom stereocenters. The lowest BCUT2D eigenvalue weighted by atomic mass is 10.1. The van der Waals surface area contributed by atoms with Crippen LogP contribution in [-0.2, 0) is 0 Å². The molecule has 0 amide bonds. The first-order valence-corrected chi connectivity index (χ1v) is 8.37. The van der Waals surface area contributed by atoms with E-state index in [0.717, 1.165) is 4.88 Å². The van der Waals surface area contributed by atoms with Gasteiger partial charge in [0.25, 0.3) is 0 Å². The number of thiophene rings is 1. The summed E-state index contributed by atoms with van der Waals surface area (Å²) in [6.07, 6.45) is 0. The molecule has 23 heavy (non-hydrogen) atoms. The van der Waals surface area contributed by atoms with Crippen molar-refractivity contribution in [2.45, 2.75) is 6.92 Å². The molecule has 0 spiro atoms. The molecule has 0 fully saturated rings. The number of hydrogen-bond donors (Lipinski definition) is 1. The Kier molecular flexibility index (Phi) is 4.38. The Labute approximate surface area is 150 Å². The smallest absolute Gasteiger partial charge is 0.356 e. The second-order valence-electron chi connectivity index (χ2n) is 4.74. The zero-order chi connectivity index (χ0) is 16.7. The van der Waals surface area contributed by atoms with Crippen LogP contribution in [0, 0.1) is 6.92 Å². The number of aromatic nitrogens is 2. The van der Waals surface area contributed by atoms with E-state index in [1.807, 2.05) is 6.07 Å². The van der Waals surface area contributed by atoms with Crippen molar-refractivity contribution >= 4 is 52.1 Å². The van der Waals surface area contributed by atoms with Gasteiger partial charge in [-0.15, -0.1) is 11.3 Å². The number of nitrogens with zero attached hydrogens (tertiary/aromatic N) is 2. The first-order valence-electron chi connectivity index (χ1n) is 6.42. The van der Waals surface area contributed by atoms with Crippen LogP contribution in [0.5, 0.6) is 0 Å². The maximum absolute atomic E-state index is 11.4. The van der Waals surface area contributed by atoms with Crippen LogP contribution in [-0.4, -0.2) is 20.9 Å². The third-order valence-electron chi connectivity index (χ3n) is 3.27. The first-order chi connectivity index (χ1) is 10.9. The van der Waals surface area contributed by atoms with Crippen molar-refractivity contribution in [2.24, 2.45) is 0 Å². The molecule has 2 aromatic heterocycles. The van der Waals surface area contributed by atoms with Gasteiger partial charge in [0, 0.05) is 10.6 Å². The third-order valence-corrected chi connectivity index (χ3v) is 5.05. The lowest BCUT2D eigenvalue weighted by molar-refractivity contribution is 0.0689. The van der Waals surface area contributed by atoms with Gasteiger partial charge in [0.05, 0.1) is 25.6 Å². The Morgan fingerprint density at radius 2 is 1.96 bits per heavy atom. The van der Waals surface area contributed by atoms with E-state index in [1.165, 1.54) is 16.0 Å². The summed E-state index contributed by atoms with van der Waals surface area (Å²) in [6, 6.07) is 8.53. The summed E-state index contributed by atoms with van der Waals surface area (Å²) in [4.78, 5) is 12.2. The minimum atomic E-state index is -1.10. The predicted octanol–water partition coefficient (Wildman–Crippen LogP) is 5.57. The van der Waals surface area contributed by atoms with Gasteiger partial charge in [-0.1, -0.05) is 34.8 Å². The number of carbonyl (C=O) groups is 1. The summed E-state index contributed by atoms with van der Waals surface area (Å²) < 4.78 is 2.12. The van der Waals surface area contributed by atoms with E-state index in [9.17, 15) is 9.90 Å². The SMILES string of the molecule is Cc1c(C(=O)O)nn(-c2ccc(Cl)cc2Cl)c1-c1ccc(Cl)s1. The van der Waals surface area contributed by atoms with E-state index < -0.39 is 5.97 Å². The van der Waals surface area contributed by atoms with Gasteiger partial charge in [-0.2, -0.15) is 5.10 Å². The highest BCUT2D eigenvalue weighted by atomic mass is 35.5. The molecule has 0 radical (unpaired) electrons. The molecule has 0 aliphatic rings. The lowest BCUT2D eigenvalue weighted by Crippen LogP contribution is -2.02. The van der Waals surface area contributed by atoms with Crippen LogP contribution in [0.4, 0.5) is 0 Å². The van der Waals surface area contributed by atoms with Crippen molar-refractivity contribution in [3.05, 3.63) is 56.0 Å². The quantitative estimate of drug-likeness (QED) is 0.639.